The number of fused-ring (bicyclic) bond motifs is 1. The molecule has 1 aromatic carbocycles. The molecule has 0 aliphatic heterocycles. The highest BCUT2D eigenvalue weighted by atomic mass is 16.2. The van der Waals surface area contributed by atoms with E-state index in [9.17, 15) is 4.79 Å². The van der Waals surface area contributed by atoms with E-state index in [1.165, 1.54) is 20.2 Å². The van der Waals surface area contributed by atoms with Crippen LogP contribution < -0.4 is 11.0 Å². The maximum Gasteiger partial charge on any atom is 0.351 e. The van der Waals surface area contributed by atoms with Crippen LogP contribution in [0.3, 0.4) is 0 Å². The number of hydrogen-bond acceptors (Lipinski definition) is 4. The van der Waals surface area contributed by atoms with Gasteiger partial charge in [-0.1, -0.05) is 6.07 Å². The second kappa shape index (κ2) is 5.29. The third-order valence-electron chi connectivity index (χ3n) is 3.53. The van der Waals surface area contributed by atoms with E-state index in [2.05, 4.69) is 47.4 Å². The van der Waals surface area contributed by atoms with Gasteiger partial charge >= 0.3 is 5.69 Å². The van der Waals surface area contributed by atoms with Crippen molar-refractivity contribution in [1.82, 2.24) is 19.2 Å². The third kappa shape index (κ3) is 2.47. The van der Waals surface area contributed by atoms with Gasteiger partial charge in [0.25, 0.3) is 5.78 Å². The molecule has 0 radical (unpaired) electrons. The van der Waals surface area contributed by atoms with Gasteiger partial charge in [-0.05, 0) is 51.0 Å². The number of nitrogens with one attached hydrogen (secondary N) is 1. The summed E-state index contributed by atoms with van der Waals surface area (Å²) in [5, 5.41) is 7.53. The van der Waals surface area contributed by atoms with Crippen molar-refractivity contribution >= 4 is 17.3 Å². The van der Waals surface area contributed by atoms with E-state index in [0.717, 1.165) is 11.4 Å². The number of aromatic nitrogens is 4. The van der Waals surface area contributed by atoms with Gasteiger partial charge in [-0.3, -0.25) is 0 Å². The van der Waals surface area contributed by atoms with E-state index in [4.69, 9.17) is 0 Å². The molecule has 0 aliphatic carbocycles. The molecule has 1 N–H and O–H groups in total. The van der Waals surface area contributed by atoms with Gasteiger partial charge in [0.15, 0.2) is 0 Å². The van der Waals surface area contributed by atoms with Crippen LogP contribution in [0.25, 0.3) is 5.78 Å². The number of anilines is 2. The van der Waals surface area contributed by atoms with Crippen LogP contribution in [0.5, 0.6) is 0 Å². The first kappa shape index (κ1) is 14.3. The predicted molar refractivity (Wildman–Crippen MR) is 86.9 cm³/mol. The van der Waals surface area contributed by atoms with E-state index in [1.807, 2.05) is 19.9 Å². The summed E-state index contributed by atoms with van der Waals surface area (Å²) in [5.41, 5.74) is 4.01. The second-order valence-electron chi connectivity index (χ2n) is 5.52. The molecule has 2 aromatic heterocycles. The Bertz CT molecular complexity index is 887. The molecule has 0 aliphatic rings. The van der Waals surface area contributed by atoms with E-state index in [-0.39, 0.29) is 5.69 Å². The van der Waals surface area contributed by atoms with Crippen molar-refractivity contribution in [3.05, 3.63) is 51.6 Å². The molecular weight excluding hydrogens is 278 g/mol. The van der Waals surface area contributed by atoms with Gasteiger partial charge in [-0.2, -0.15) is 4.98 Å². The zero-order valence-corrected chi connectivity index (χ0v) is 13.2. The lowest BCUT2D eigenvalue weighted by Crippen LogP contribution is -2.21. The van der Waals surface area contributed by atoms with Crippen molar-refractivity contribution in [1.29, 1.82) is 0 Å². The predicted octanol–water partition coefficient (Wildman–Crippen LogP) is 2.58. The summed E-state index contributed by atoms with van der Waals surface area (Å²) in [6.07, 6.45) is 0. The molecule has 0 bridgehead atoms. The molecule has 114 valence electrons. The van der Waals surface area contributed by atoms with Crippen LogP contribution in [-0.2, 0) is 6.54 Å². The van der Waals surface area contributed by atoms with E-state index >= 15 is 0 Å². The Kier molecular flexibility index (Phi) is 3.44. The maximum absolute atomic E-state index is 12.1. The fraction of sp³-hybridized carbons (Fsp3) is 0.312. The summed E-state index contributed by atoms with van der Waals surface area (Å²) in [6, 6.07) is 8.10. The molecule has 0 amide bonds. The highest BCUT2D eigenvalue weighted by molar-refractivity contribution is 5.60. The van der Waals surface area contributed by atoms with Crippen molar-refractivity contribution in [3.63, 3.8) is 0 Å². The Morgan fingerprint density at radius 2 is 1.77 bits per heavy atom. The molecule has 6 heteroatoms. The fourth-order valence-corrected chi connectivity index (χ4v) is 2.64. The Morgan fingerprint density at radius 3 is 2.41 bits per heavy atom. The van der Waals surface area contributed by atoms with Crippen LogP contribution in [0.2, 0.25) is 0 Å². The van der Waals surface area contributed by atoms with Gasteiger partial charge in [0.1, 0.15) is 5.82 Å². The number of nitrogens with zero attached hydrogens (tertiary/aromatic N) is 4. The van der Waals surface area contributed by atoms with Crippen molar-refractivity contribution in [2.45, 2.75) is 34.2 Å². The minimum Gasteiger partial charge on any atom is -0.340 e. The van der Waals surface area contributed by atoms with Crippen LogP contribution in [0.15, 0.2) is 29.1 Å². The van der Waals surface area contributed by atoms with Crippen LogP contribution in [0.4, 0.5) is 11.5 Å². The van der Waals surface area contributed by atoms with Crippen LogP contribution in [0, 0.1) is 20.8 Å². The molecule has 6 nitrogen and oxygen atoms in total. The van der Waals surface area contributed by atoms with Gasteiger partial charge in [0, 0.05) is 24.0 Å². The molecule has 0 fully saturated rings. The van der Waals surface area contributed by atoms with E-state index in [1.54, 1.807) is 0 Å². The van der Waals surface area contributed by atoms with Gasteiger partial charge < -0.3 is 5.32 Å². The molecule has 0 spiro atoms. The zero-order chi connectivity index (χ0) is 15.9. The lowest BCUT2D eigenvalue weighted by molar-refractivity contribution is 0.632. The largest absolute Gasteiger partial charge is 0.351 e. The second-order valence-corrected chi connectivity index (χ2v) is 5.52. The summed E-state index contributed by atoms with van der Waals surface area (Å²) in [7, 11) is 0. The average molecular weight is 297 g/mol. The molecule has 3 rings (SSSR count). The molecule has 0 saturated heterocycles. The lowest BCUT2D eigenvalue weighted by Gasteiger charge is -2.09. The highest BCUT2D eigenvalue weighted by Gasteiger charge is 2.11. The minimum atomic E-state index is -0.152. The molecule has 2 heterocycles. The topological polar surface area (TPSA) is 64.2 Å². The van der Waals surface area contributed by atoms with Gasteiger partial charge in [-0.25, -0.2) is 13.9 Å². The molecule has 3 aromatic rings. The SMILES string of the molecule is CCn1nc2nc(Nc3cc(C)cc(C)c3)cc(C)n2c1=O. The van der Waals surface area contributed by atoms with Gasteiger partial charge in [0.2, 0.25) is 0 Å². The molecule has 0 unspecified atom stereocenters. The van der Waals surface area contributed by atoms with Crippen molar-refractivity contribution in [3.8, 4) is 0 Å². The molecule has 0 atom stereocenters. The van der Waals surface area contributed by atoms with Crippen molar-refractivity contribution in [2.24, 2.45) is 0 Å². The number of rotatable bonds is 3. The Hall–Kier alpha value is -2.63. The zero-order valence-electron chi connectivity index (χ0n) is 13.2. The quantitative estimate of drug-likeness (QED) is 0.807. The first-order valence-electron chi connectivity index (χ1n) is 7.30. The number of benzene rings is 1. The Labute approximate surface area is 128 Å². The van der Waals surface area contributed by atoms with Crippen LogP contribution >= 0.6 is 0 Å². The highest BCUT2D eigenvalue weighted by Crippen LogP contribution is 2.19. The fourth-order valence-electron chi connectivity index (χ4n) is 2.64. The van der Waals surface area contributed by atoms with E-state index in [0.29, 0.717) is 18.1 Å². The third-order valence-corrected chi connectivity index (χ3v) is 3.53. The summed E-state index contributed by atoms with van der Waals surface area (Å²) < 4.78 is 2.94. The maximum atomic E-state index is 12.1. The van der Waals surface area contributed by atoms with E-state index < -0.39 is 0 Å². The smallest absolute Gasteiger partial charge is 0.340 e. The number of hydrogen-bond donors (Lipinski definition) is 1. The average Bonchev–Trinajstić information content (AvgIpc) is 2.74. The Morgan fingerprint density at radius 1 is 1.09 bits per heavy atom. The molecular formula is C16H19N5O. The summed E-state index contributed by atoms with van der Waals surface area (Å²) in [4.78, 5) is 16.6. The van der Waals surface area contributed by atoms with Crippen LogP contribution in [0.1, 0.15) is 23.7 Å². The van der Waals surface area contributed by atoms with Gasteiger partial charge in [0.05, 0.1) is 0 Å². The van der Waals surface area contributed by atoms with Gasteiger partial charge in [-0.15, -0.1) is 5.10 Å². The normalized spacial score (nSPS) is 11.1. The summed E-state index contributed by atoms with van der Waals surface area (Å²) >= 11 is 0. The first-order chi connectivity index (χ1) is 10.5. The summed E-state index contributed by atoms with van der Waals surface area (Å²) in [5.74, 6) is 1.10. The summed E-state index contributed by atoms with van der Waals surface area (Å²) in [6.45, 7) is 8.41. The minimum absolute atomic E-state index is 0.152. The standard InChI is InChI=1S/C16H19N5O/c1-5-20-16(22)21-12(4)9-14(18-15(21)19-20)17-13-7-10(2)6-11(3)8-13/h6-9H,5H2,1-4H3,(H,17,18,19). The molecule has 0 saturated carbocycles. The van der Waals surface area contributed by atoms with Crippen molar-refractivity contribution in [2.75, 3.05) is 5.32 Å². The van der Waals surface area contributed by atoms with Crippen LogP contribution in [-0.4, -0.2) is 19.2 Å². The lowest BCUT2D eigenvalue weighted by atomic mass is 10.1. The number of aryl methyl sites for hydroxylation is 4. The first-order valence-corrected chi connectivity index (χ1v) is 7.30. The molecule has 22 heavy (non-hydrogen) atoms. The Balaban J connectivity index is 2.06. The van der Waals surface area contributed by atoms with Crippen molar-refractivity contribution < 1.29 is 0 Å². The monoisotopic (exact) mass is 297 g/mol.